The number of amides is 1. The molecule has 1 atom stereocenters. The van der Waals surface area contributed by atoms with Crippen LogP contribution in [0, 0.1) is 0 Å². The van der Waals surface area contributed by atoms with Crippen molar-refractivity contribution in [3.63, 3.8) is 0 Å². The summed E-state index contributed by atoms with van der Waals surface area (Å²) >= 11 is 5.29. The van der Waals surface area contributed by atoms with Crippen LogP contribution in [0.5, 0.6) is 17.2 Å². The van der Waals surface area contributed by atoms with E-state index in [1.165, 1.54) is 13.3 Å². The van der Waals surface area contributed by atoms with E-state index in [0.29, 0.717) is 44.8 Å². The van der Waals surface area contributed by atoms with Crippen LogP contribution in [-0.2, 0) is 14.3 Å². The highest BCUT2D eigenvalue weighted by Gasteiger charge is 2.32. The third kappa shape index (κ3) is 6.51. The zero-order valence-corrected chi connectivity index (χ0v) is 21.2. The van der Waals surface area contributed by atoms with Gasteiger partial charge >= 0.3 is 5.97 Å². The Balaban J connectivity index is 1.71. The van der Waals surface area contributed by atoms with Crippen LogP contribution in [0.1, 0.15) is 31.0 Å². The number of thiocarbonyl (C=S) groups is 1. The molecule has 0 aliphatic carbocycles. The van der Waals surface area contributed by atoms with Gasteiger partial charge in [-0.15, -0.1) is 0 Å². The van der Waals surface area contributed by atoms with E-state index in [2.05, 4.69) is 21.2 Å². The van der Waals surface area contributed by atoms with E-state index in [1.807, 2.05) is 0 Å². The average Bonchev–Trinajstić information content (AvgIpc) is 2.87. The summed E-state index contributed by atoms with van der Waals surface area (Å²) < 4.78 is 21.5. The maximum atomic E-state index is 12.7. The van der Waals surface area contributed by atoms with Gasteiger partial charge in [-0.3, -0.25) is 4.79 Å². The molecule has 3 rings (SSSR count). The van der Waals surface area contributed by atoms with Gasteiger partial charge in [0.15, 0.2) is 11.7 Å². The van der Waals surface area contributed by atoms with Crippen LogP contribution in [-0.4, -0.2) is 50.6 Å². The van der Waals surface area contributed by atoms with Gasteiger partial charge in [-0.1, -0.05) is 18.2 Å². The molecule has 10 nitrogen and oxygen atoms in total. The second kappa shape index (κ2) is 12.5. The minimum Gasteiger partial charge on any atom is -0.497 e. The lowest BCUT2D eigenvalue weighted by Gasteiger charge is -2.30. The molecule has 2 aromatic rings. The van der Waals surface area contributed by atoms with Gasteiger partial charge < -0.3 is 29.6 Å². The zero-order valence-electron chi connectivity index (χ0n) is 20.4. The van der Waals surface area contributed by atoms with Crippen molar-refractivity contribution in [1.82, 2.24) is 16.1 Å². The first kappa shape index (κ1) is 26.5. The molecule has 0 unspecified atom stereocenters. The number of carbonyl (C=O) groups is 2. The Bertz CT molecular complexity index is 1200. The number of hydrogen-bond acceptors (Lipinski definition) is 8. The summed E-state index contributed by atoms with van der Waals surface area (Å²) in [5.74, 6) is 0.647. The minimum atomic E-state index is -0.613. The van der Waals surface area contributed by atoms with Crippen LogP contribution >= 0.6 is 12.2 Å². The summed E-state index contributed by atoms with van der Waals surface area (Å²) in [5.41, 5.74) is 4.67. The van der Waals surface area contributed by atoms with Crippen LogP contribution in [0.2, 0.25) is 0 Å². The lowest BCUT2D eigenvalue weighted by atomic mass is 9.95. The Labute approximate surface area is 214 Å². The van der Waals surface area contributed by atoms with Crippen molar-refractivity contribution >= 4 is 35.4 Å². The highest BCUT2D eigenvalue weighted by atomic mass is 32.1. The normalized spacial score (nSPS) is 15.1. The van der Waals surface area contributed by atoms with Gasteiger partial charge in [-0.2, -0.15) is 5.10 Å². The van der Waals surface area contributed by atoms with Gasteiger partial charge in [-0.25, -0.2) is 10.2 Å². The topological polar surface area (TPSA) is 120 Å². The number of hydrazone groups is 1. The number of esters is 1. The lowest BCUT2D eigenvalue weighted by molar-refractivity contribution is -0.139. The Morgan fingerprint density at radius 3 is 2.64 bits per heavy atom. The van der Waals surface area contributed by atoms with Crippen molar-refractivity contribution < 1.29 is 28.5 Å². The summed E-state index contributed by atoms with van der Waals surface area (Å²) in [6, 6.07) is 11.7. The van der Waals surface area contributed by atoms with Gasteiger partial charge in [-0.05, 0) is 44.3 Å². The van der Waals surface area contributed by atoms with E-state index in [-0.39, 0.29) is 13.2 Å². The molecule has 2 aromatic carbocycles. The van der Waals surface area contributed by atoms with Crippen molar-refractivity contribution in [2.45, 2.75) is 19.9 Å². The van der Waals surface area contributed by atoms with Gasteiger partial charge in [0.05, 0.1) is 38.7 Å². The molecule has 11 heteroatoms. The molecular weight excluding hydrogens is 484 g/mol. The molecule has 36 heavy (non-hydrogen) atoms. The van der Waals surface area contributed by atoms with Crippen molar-refractivity contribution in [1.29, 1.82) is 0 Å². The fourth-order valence-corrected chi connectivity index (χ4v) is 3.80. The molecule has 1 aliphatic rings. The van der Waals surface area contributed by atoms with E-state index < -0.39 is 17.9 Å². The summed E-state index contributed by atoms with van der Waals surface area (Å²) in [7, 11) is 3.09. The average molecular weight is 513 g/mol. The second-order valence-electron chi connectivity index (χ2n) is 7.52. The maximum absolute atomic E-state index is 12.7. The first-order chi connectivity index (χ1) is 17.4. The van der Waals surface area contributed by atoms with Crippen LogP contribution in [0.15, 0.2) is 58.8 Å². The van der Waals surface area contributed by atoms with E-state index in [9.17, 15) is 9.59 Å². The molecule has 1 amide bonds. The maximum Gasteiger partial charge on any atom is 0.338 e. The molecule has 0 aromatic heterocycles. The summed E-state index contributed by atoms with van der Waals surface area (Å²) in [6.07, 6.45) is 1.46. The van der Waals surface area contributed by atoms with Crippen molar-refractivity contribution in [3.05, 3.63) is 64.9 Å². The number of nitrogens with one attached hydrogen (secondary N) is 3. The fourth-order valence-electron chi connectivity index (χ4n) is 3.53. The molecular formula is C25H28N4O6S. The molecule has 1 aliphatic heterocycles. The zero-order chi connectivity index (χ0) is 26.1. The lowest BCUT2D eigenvalue weighted by Crippen LogP contribution is -2.45. The highest BCUT2D eigenvalue weighted by Crippen LogP contribution is 2.33. The number of nitrogens with zero attached hydrogens (tertiary/aromatic N) is 1. The molecule has 0 bridgehead atoms. The number of methoxy groups -OCH3 is 2. The highest BCUT2D eigenvalue weighted by molar-refractivity contribution is 7.80. The van der Waals surface area contributed by atoms with Crippen LogP contribution in [0.3, 0.4) is 0 Å². The minimum absolute atomic E-state index is 0.230. The SMILES string of the molecule is CCOC(=O)C1=C(C)NC(=S)N[C@@H]1c1ccccc1OCC(=O)NN=Cc1ccc(OC)cc1OC. The van der Waals surface area contributed by atoms with E-state index in [4.69, 9.17) is 31.2 Å². The Kier molecular flexibility index (Phi) is 9.23. The van der Waals surface area contributed by atoms with Crippen molar-refractivity contribution in [2.24, 2.45) is 5.10 Å². The summed E-state index contributed by atoms with van der Waals surface area (Å²) in [4.78, 5) is 25.0. The fraction of sp³-hybridized carbons (Fsp3) is 0.280. The quantitative estimate of drug-likeness (QED) is 0.191. The van der Waals surface area contributed by atoms with Gasteiger partial charge in [0, 0.05) is 22.9 Å². The number of rotatable bonds is 10. The Morgan fingerprint density at radius 2 is 1.92 bits per heavy atom. The number of ether oxygens (including phenoxy) is 4. The second-order valence-corrected chi connectivity index (χ2v) is 7.93. The van der Waals surface area contributed by atoms with E-state index >= 15 is 0 Å². The number of carbonyl (C=O) groups excluding carboxylic acids is 2. The van der Waals surface area contributed by atoms with Gasteiger partial charge in [0.2, 0.25) is 0 Å². The van der Waals surface area contributed by atoms with Crippen molar-refractivity contribution in [2.75, 3.05) is 27.4 Å². The Hall–Kier alpha value is -4.12. The number of hydrogen-bond donors (Lipinski definition) is 3. The summed E-state index contributed by atoms with van der Waals surface area (Å²) in [5, 5.41) is 10.4. The summed E-state index contributed by atoms with van der Waals surface area (Å²) in [6.45, 7) is 3.41. The van der Waals surface area contributed by atoms with Crippen LogP contribution < -0.4 is 30.3 Å². The Morgan fingerprint density at radius 1 is 1.14 bits per heavy atom. The number of para-hydroxylation sites is 1. The van der Waals surface area contributed by atoms with E-state index in [1.54, 1.807) is 63.4 Å². The number of allylic oxidation sites excluding steroid dienone is 1. The molecule has 0 fully saturated rings. The predicted molar refractivity (Wildman–Crippen MR) is 138 cm³/mol. The van der Waals surface area contributed by atoms with Crippen LogP contribution in [0.25, 0.3) is 0 Å². The first-order valence-corrected chi connectivity index (χ1v) is 11.5. The molecule has 190 valence electrons. The first-order valence-electron chi connectivity index (χ1n) is 11.1. The van der Waals surface area contributed by atoms with E-state index in [0.717, 1.165) is 0 Å². The largest absolute Gasteiger partial charge is 0.497 e. The molecule has 1 heterocycles. The molecule has 0 spiro atoms. The van der Waals surface area contributed by atoms with Crippen molar-refractivity contribution in [3.8, 4) is 17.2 Å². The third-order valence-electron chi connectivity index (χ3n) is 5.19. The molecule has 0 radical (unpaired) electrons. The number of benzene rings is 2. The smallest absolute Gasteiger partial charge is 0.338 e. The predicted octanol–water partition coefficient (Wildman–Crippen LogP) is 2.59. The molecule has 0 saturated heterocycles. The van der Waals surface area contributed by atoms with Gasteiger partial charge in [0.1, 0.15) is 17.2 Å². The van der Waals surface area contributed by atoms with Crippen LogP contribution in [0.4, 0.5) is 0 Å². The molecule has 0 saturated carbocycles. The third-order valence-corrected chi connectivity index (χ3v) is 5.41. The standard InChI is InChI=1S/C25H28N4O6S/c1-5-34-24(31)22-15(2)27-25(36)28-23(22)18-8-6-7-9-19(18)35-14-21(30)29-26-13-16-10-11-17(32-3)12-20(16)33-4/h6-13,23H,5,14H2,1-4H3,(H,29,30)(H2,27,28,36)/t23-/m1/s1. The molecule has 3 N–H and O–H groups in total. The van der Waals surface area contributed by atoms with Gasteiger partial charge in [0.25, 0.3) is 5.91 Å². The monoisotopic (exact) mass is 512 g/mol.